The Kier molecular flexibility index (Phi) is 4.86. The second-order valence-corrected chi connectivity index (χ2v) is 4.96. The first-order valence-electron chi connectivity index (χ1n) is 6.84. The molecule has 1 saturated heterocycles. The van der Waals surface area contributed by atoms with Crippen LogP contribution in [-0.4, -0.2) is 40.7 Å². The van der Waals surface area contributed by atoms with Crippen molar-refractivity contribution >= 4 is 17.7 Å². The Balaban J connectivity index is 1.84. The van der Waals surface area contributed by atoms with Crippen molar-refractivity contribution in [2.75, 3.05) is 13.1 Å². The molecule has 1 aliphatic heterocycles. The van der Waals surface area contributed by atoms with E-state index in [1.54, 1.807) is 23.1 Å². The number of pyridine rings is 1. The Morgan fingerprint density at radius 3 is 2.76 bits per heavy atom. The zero-order chi connectivity index (χ0) is 15.2. The van der Waals surface area contributed by atoms with Gasteiger partial charge in [-0.3, -0.25) is 30.2 Å². The largest absolute Gasteiger partial charge is 0.342 e. The first-order chi connectivity index (χ1) is 10.1. The molecule has 7 heteroatoms. The van der Waals surface area contributed by atoms with Crippen molar-refractivity contribution in [3.8, 4) is 0 Å². The van der Waals surface area contributed by atoms with Gasteiger partial charge in [0.2, 0.25) is 11.8 Å². The number of nitrogens with zero attached hydrogens (tertiary/aromatic N) is 2. The van der Waals surface area contributed by atoms with E-state index in [0.717, 1.165) is 6.42 Å². The molecule has 112 valence electrons. The van der Waals surface area contributed by atoms with Crippen molar-refractivity contribution in [2.45, 2.75) is 19.8 Å². The highest BCUT2D eigenvalue weighted by atomic mass is 16.2. The van der Waals surface area contributed by atoms with Gasteiger partial charge in [-0.1, -0.05) is 6.07 Å². The van der Waals surface area contributed by atoms with Crippen LogP contribution in [0.2, 0.25) is 0 Å². The van der Waals surface area contributed by atoms with Crippen LogP contribution in [0.1, 0.15) is 30.3 Å². The van der Waals surface area contributed by atoms with Crippen LogP contribution in [0.3, 0.4) is 0 Å². The molecule has 0 unspecified atom stereocenters. The van der Waals surface area contributed by atoms with E-state index in [4.69, 9.17) is 0 Å². The van der Waals surface area contributed by atoms with E-state index in [9.17, 15) is 14.4 Å². The molecule has 1 aromatic heterocycles. The summed E-state index contributed by atoms with van der Waals surface area (Å²) in [5.41, 5.74) is 4.96. The fraction of sp³-hybridized carbons (Fsp3) is 0.429. The predicted molar refractivity (Wildman–Crippen MR) is 74.8 cm³/mol. The molecule has 2 heterocycles. The number of hydrogen-bond acceptors (Lipinski definition) is 4. The molecule has 0 aromatic carbocycles. The minimum Gasteiger partial charge on any atom is -0.342 e. The quantitative estimate of drug-likeness (QED) is 0.756. The SMILES string of the molecule is CC(=O)N1CCC[C@@H](C(=O)NNC(=O)c2ccccn2)C1. The van der Waals surface area contributed by atoms with Crippen LogP contribution >= 0.6 is 0 Å². The van der Waals surface area contributed by atoms with Gasteiger partial charge in [-0.25, -0.2) is 0 Å². The third-order valence-electron chi connectivity index (χ3n) is 3.43. The maximum atomic E-state index is 12.0. The van der Waals surface area contributed by atoms with Crippen LogP contribution < -0.4 is 10.9 Å². The molecule has 2 rings (SSSR count). The lowest BCUT2D eigenvalue weighted by Gasteiger charge is -2.31. The molecule has 21 heavy (non-hydrogen) atoms. The van der Waals surface area contributed by atoms with Gasteiger partial charge in [0.25, 0.3) is 5.91 Å². The van der Waals surface area contributed by atoms with Crippen LogP contribution in [0.15, 0.2) is 24.4 Å². The maximum Gasteiger partial charge on any atom is 0.288 e. The van der Waals surface area contributed by atoms with E-state index < -0.39 is 5.91 Å². The van der Waals surface area contributed by atoms with E-state index in [-0.39, 0.29) is 23.4 Å². The van der Waals surface area contributed by atoms with Crippen molar-refractivity contribution in [2.24, 2.45) is 5.92 Å². The number of carbonyl (C=O) groups excluding carboxylic acids is 3. The smallest absolute Gasteiger partial charge is 0.288 e. The predicted octanol–water partition coefficient (Wildman–Crippen LogP) is 0.101. The molecule has 0 saturated carbocycles. The second-order valence-electron chi connectivity index (χ2n) is 4.96. The monoisotopic (exact) mass is 290 g/mol. The molecule has 0 spiro atoms. The van der Waals surface area contributed by atoms with E-state index in [1.807, 2.05) is 0 Å². The van der Waals surface area contributed by atoms with Crippen molar-refractivity contribution in [3.63, 3.8) is 0 Å². The van der Waals surface area contributed by atoms with E-state index in [1.165, 1.54) is 13.1 Å². The number of amides is 3. The lowest BCUT2D eigenvalue weighted by Crippen LogP contribution is -2.49. The highest BCUT2D eigenvalue weighted by molar-refractivity contribution is 5.93. The van der Waals surface area contributed by atoms with Crippen molar-refractivity contribution in [1.29, 1.82) is 0 Å². The number of nitrogens with one attached hydrogen (secondary N) is 2. The average molecular weight is 290 g/mol. The summed E-state index contributed by atoms with van der Waals surface area (Å²) in [6.45, 7) is 2.56. The molecule has 7 nitrogen and oxygen atoms in total. The standard InChI is InChI=1S/C14H18N4O3/c1-10(19)18-8-4-5-11(9-18)13(20)16-17-14(21)12-6-2-3-7-15-12/h2-3,6-7,11H,4-5,8-9H2,1H3,(H,16,20)(H,17,21)/t11-/m1/s1. The summed E-state index contributed by atoms with van der Waals surface area (Å²) in [5.74, 6) is -1.09. The number of carbonyl (C=O) groups is 3. The Morgan fingerprint density at radius 1 is 1.29 bits per heavy atom. The Hall–Kier alpha value is -2.44. The van der Waals surface area contributed by atoms with Crippen LogP contribution in [-0.2, 0) is 9.59 Å². The summed E-state index contributed by atoms with van der Waals surface area (Å²) < 4.78 is 0. The number of hydrazine groups is 1. The van der Waals surface area contributed by atoms with E-state index >= 15 is 0 Å². The molecule has 3 amide bonds. The molecule has 2 N–H and O–H groups in total. The van der Waals surface area contributed by atoms with Gasteiger partial charge in [0.05, 0.1) is 5.92 Å². The number of rotatable bonds is 2. The van der Waals surface area contributed by atoms with Gasteiger partial charge in [0, 0.05) is 26.2 Å². The van der Waals surface area contributed by atoms with Crippen LogP contribution in [0.25, 0.3) is 0 Å². The summed E-state index contributed by atoms with van der Waals surface area (Å²) in [4.78, 5) is 40.6. The van der Waals surface area contributed by atoms with Gasteiger partial charge in [-0.15, -0.1) is 0 Å². The van der Waals surface area contributed by atoms with Gasteiger partial charge in [-0.2, -0.15) is 0 Å². The summed E-state index contributed by atoms with van der Waals surface area (Å²) in [6.07, 6.45) is 2.99. The summed E-state index contributed by atoms with van der Waals surface area (Å²) in [7, 11) is 0. The van der Waals surface area contributed by atoms with Crippen LogP contribution in [0, 0.1) is 5.92 Å². The molecular weight excluding hydrogens is 272 g/mol. The molecule has 1 aliphatic rings. The zero-order valence-electron chi connectivity index (χ0n) is 11.8. The topological polar surface area (TPSA) is 91.4 Å². The number of hydrogen-bond donors (Lipinski definition) is 2. The highest BCUT2D eigenvalue weighted by Crippen LogP contribution is 2.16. The summed E-state index contributed by atoms with van der Waals surface area (Å²) in [5, 5.41) is 0. The van der Waals surface area contributed by atoms with Gasteiger partial charge < -0.3 is 4.90 Å². The Morgan fingerprint density at radius 2 is 2.10 bits per heavy atom. The third kappa shape index (κ3) is 4.01. The Bertz CT molecular complexity index is 532. The maximum absolute atomic E-state index is 12.0. The molecule has 0 radical (unpaired) electrons. The van der Waals surface area contributed by atoms with Gasteiger partial charge in [0.15, 0.2) is 0 Å². The first kappa shape index (κ1) is 15.0. The van der Waals surface area contributed by atoms with Gasteiger partial charge >= 0.3 is 0 Å². The normalized spacial score (nSPS) is 18.0. The minimum absolute atomic E-state index is 0.0370. The van der Waals surface area contributed by atoms with Gasteiger partial charge in [-0.05, 0) is 25.0 Å². The molecule has 1 atom stereocenters. The molecule has 0 aliphatic carbocycles. The molecular formula is C14H18N4O3. The number of likely N-dealkylation sites (tertiary alicyclic amines) is 1. The molecule has 1 fully saturated rings. The summed E-state index contributed by atoms with van der Waals surface area (Å²) in [6, 6.07) is 4.95. The summed E-state index contributed by atoms with van der Waals surface area (Å²) >= 11 is 0. The van der Waals surface area contributed by atoms with E-state index in [0.29, 0.717) is 19.5 Å². The third-order valence-corrected chi connectivity index (χ3v) is 3.43. The minimum atomic E-state index is -0.469. The number of piperidine rings is 1. The second kappa shape index (κ2) is 6.83. The van der Waals surface area contributed by atoms with Crippen molar-refractivity contribution < 1.29 is 14.4 Å². The molecule has 0 bridgehead atoms. The van der Waals surface area contributed by atoms with Gasteiger partial charge in [0.1, 0.15) is 5.69 Å². The van der Waals surface area contributed by atoms with E-state index in [2.05, 4.69) is 15.8 Å². The van der Waals surface area contributed by atoms with Crippen molar-refractivity contribution in [1.82, 2.24) is 20.7 Å². The Labute approximate surface area is 122 Å². The van der Waals surface area contributed by atoms with Crippen LogP contribution in [0.5, 0.6) is 0 Å². The van der Waals surface area contributed by atoms with Crippen LogP contribution in [0.4, 0.5) is 0 Å². The lowest BCUT2D eigenvalue weighted by atomic mass is 9.97. The first-order valence-corrected chi connectivity index (χ1v) is 6.84. The number of aromatic nitrogens is 1. The average Bonchev–Trinajstić information content (AvgIpc) is 2.53. The van der Waals surface area contributed by atoms with Crippen molar-refractivity contribution in [3.05, 3.63) is 30.1 Å². The fourth-order valence-electron chi connectivity index (χ4n) is 2.26. The zero-order valence-corrected chi connectivity index (χ0v) is 11.8. The molecule has 1 aromatic rings. The lowest BCUT2D eigenvalue weighted by molar-refractivity contribution is -0.134. The highest BCUT2D eigenvalue weighted by Gasteiger charge is 2.27. The fourth-order valence-corrected chi connectivity index (χ4v) is 2.26.